The predicted molar refractivity (Wildman–Crippen MR) is 148 cm³/mol. The number of anilines is 2. The normalized spacial score (nSPS) is 15.9. The fourth-order valence-electron chi connectivity index (χ4n) is 4.72. The number of carbonyl (C=O) groups is 2. The van der Waals surface area contributed by atoms with E-state index in [0.717, 1.165) is 22.3 Å². The molecular weight excluding hydrogens is 532 g/mol. The third-order valence-corrected chi connectivity index (χ3v) is 7.86. The van der Waals surface area contributed by atoms with Crippen LogP contribution in [0.2, 0.25) is 0 Å². The minimum Gasteiger partial charge on any atom is -0.307 e. The SMILES string of the molecule is O=C(N/N=C1/NNC2(C(=O)N1)c1ccccc1-c1ccccc12)Nc1ccc(S(=O)(=O)Nc2ccccn2)cc1. The van der Waals surface area contributed by atoms with Crippen molar-refractivity contribution in [3.8, 4) is 11.1 Å². The zero-order valence-electron chi connectivity index (χ0n) is 20.7. The monoisotopic (exact) mass is 554 g/mol. The van der Waals surface area contributed by atoms with Crippen molar-refractivity contribution in [1.29, 1.82) is 0 Å². The Labute approximate surface area is 228 Å². The van der Waals surface area contributed by atoms with Crippen LogP contribution in [0.1, 0.15) is 11.1 Å². The van der Waals surface area contributed by atoms with Gasteiger partial charge in [-0.05, 0) is 58.7 Å². The van der Waals surface area contributed by atoms with Gasteiger partial charge in [0.1, 0.15) is 5.82 Å². The summed E-state index contributed by atoms with van der Waals surface area (Å²) < 4.78 is 27.5. The van der Waals surface area contributed by atoms with Gasteiger partial charge in [-0.2, -0.15) is 0 Å². The Morgan fingerprint density at radius 1 is 0.850 bits per heavy atom. The van der Waals surface area contributed by atoms with E-state index >= 15 is 0 Å². The number of benzene rings is 3. The molecule has 1 spiro atoms. The Hall–Kier alpha value is -5.27. The fraction of sp³-hybridized carbons (Fsp3) is 0.0370. The van der Waals surface area contributed by atoms with Crippen molar-refractivity contribution >= 4 is 39.4 Å². The van der Waals surface area contributed by atoms with Gasteiger partial charge in [-0.1, -0.05) is 54.6 Å². The molecule has 1 aromatic heterocycles. The Kier molecular flexibility index (Phi) is 6.13. The molecule has 1 saturated heterocycles. The second kappa shape index (κ2) is 9.80. The molecule has 40 heavy (non-hydrogen) atoms. The van der Waals surface area contributed by atoms with Crippen LogP contribution in [0, 0.1) is 0 Å². The van der Waals surface area contributed by atoms with E-state index in [4.69, 9.17) is 0 Å². The Balaban J connectivity index is 1.10. The van der Waals surface area contributed by atoms with E-state index in [1.54, 1.807) is 12.1 Å². The van der Waals surface area contributed by atoms with Crippen molar-refractivity contribution in [2.24, 2.45) is 5.10 Å². The van der Waals surface area contributed by atoms with Crippen LogP contribution in [0.4, 0.5) is 16.3 Å². The van der Waals surface area contributed by atoms with Crippen molar-refractivity contribution in [2.45, 2.75) is 10.4 Å². The highest BCUT2D eigenvalue weighted by molar-refractivity contribution is 7.92. The van der Waals surface area contributed by atoms with Crippen LogP contribution >= 0.6 is 0 Å². The van der Waals surface area contributed by atoms with Crippen LogP contribution in [-0.4, -0.2) is 31.3 Å². The zero-order valence-corrected chi connectivity index (χ0v) is 21.5. The number of amides is 3. The summed E-state index contributed by atoms with van der Waals surface area (Å²) >= 11 is 0. The standard InChI is InChI=1S/C27H22N8O4S/c36-24-27(21-9-3-1-7-19(21)20-8-2-4-10-22(20)27)35-32-25(30-24)31-33-26(37)29-17-12-14-18(15-13-17)40(38,39)34-23-11-5-6-16-28-23/h1-16,35H,(H,28,34)(H2,29,33,37)(H2,30,31,32,36). The molecule has 200 valence electrons. The zero-order chi connectivity index (χ0) is 27.7. The molecule has 6 N–H and O–H groups in total. The first kappa shape index (κ1) is 25.0. The first-order chi connectivity index (χ1) is 19.4. The maximum Gasteiger partial charge on any atom is 0.339 e. The van der Waals surface area contributed by atoms with Crippen molar-refractivity contribution in [3.63, 3.8) is 0 Å². The Bertz CT molecular complexity index is 1710. The lowest BCUT2D eigenvalue weighted by Crippen LogP contribution is -2.69. The summed E-state index contributed by atoms with van der Waals surface area (Å²) in [6, 6.07) is 25.0. The molecule has 2 aliphatic rings. The molecule has 3 amide bonds. The number of pyridine rings is 1. The number of guanidine groups is 1. The molecule has 1 aliphatic heterocycles. The Morgan fingerprint density at radius 2 is 1.50 bits per heavy atom. The highest BCUT2D eigenvalue weighted by atomic mass is 32.2. The van der Waals surface area contributed by atoms with Crippen molar-refractivity contribution < 1.29 is 18.0 Å². The lowest BCUT2D eigenvalue weighted by atomic mass is 9.86. The van der Waals surface area contributed by atoms with Crippen LogP contribution in [0.25, 0.3) is 11.1 Å². The highest BCUT2D eigenvalue weighted by Gasteiger charge is 2.51. The molecule has 1 fully saturated rings. The highest BCUT2D eigenvalue weighted by Crippen LogP contribution is 2.47. The molecule has 0 radical (unpaired) electrons. The number of hydrazone groups is 1. The number of carbonyl (C=O) groups excluding carboxylic acids is 2. The molecule has 3 aromatic carbocycles. The lowest BCUT2D eigenvalue weighted by molar-refractivity contribution is -0.126. The van der Waals surface area contributed by atoms with Crippen molar-refractivity contribution in [1.82, 2.24) is 26.6 Å². The van der Waals surface area contributed by atoms with E-state index in [-0.39, 0.29) is 22.6 Å². The number of nitrogens with one attached hydrogen (secondary N) is 6. The fourth-order valence-corrected chi connectivity index (χ4v) is 5.72. The molecular formula is C27H22N8O4S. The van der Waals surface area contributed by atoms with Crippen LogP contribution in [0.5, 0.6) is 0 Å². The van der Waals surface area contributed by atoms with Gasteiger partial charge < -0.3 is 5.32 Å². The average Bonchev–Trinajstić information content (AvgIpc) is 3.25. The summed E-state index contributed by atoms with van der Waals surface area (Å²) in [7, 11) is -3.85. The number of aromatic nitrogens is 1. The van der Waals surface area contributed by atoms with E-state index in [9.17, 15) is 18.0 Å². The van der Waals surface area contributed by atoms with Crippen LogP contribution in [0.15, 0.2) is 107 Å². The molecule has 0 unspecified atom stereocenters. The van der Waals surface area contributed by atoms with Gasteiger partial charge in [-0.25, -0.2) is 29.0 Å². The van der Waals surface area contributed by atoms with Gasteiger partial charge in [0.2, 0.25) is 5.96 Å². The molecule has 0 atom stereocenters. The van der Waals surface area contributed by atoms with Crippen molar-refractivity contribution in [2.75, 3.05) is 10.0 Å². The van der Waals surface area contributed by atoms with E-state index in [0.29, 0.717) is 5.69 Å². The molecule has 2 heterocycles. The maximum atomic E-state index is 13.4. The summed E-state index contributed by atoms with van der Waals surface area (Å²) in [5, 5.41) is 9.20. The molecule has 6 rings (SSSR count). The number of nitrogens with zero attached hydrogens (tertiary/aromatic N) is 2. The third-order valence-electron chi connectivity index (χ3n) is 6.49. The van der Waals surface area contributed by atoms with Gasteiger partial charge in [-0.15, -0.1) is 5.10 Å². The first-order valence-electron chi connectivity index (χ1n) is 12.1. The van der Waals surface area contributed by atoms with Crippen molar-refractivity contribution in [3.05, 3.63) is 108 Å². The van der Waals surface area contributed by atoms with E-state index in [1.165, 1.54) is 36.5 Å². The number of rotatable bonds is 5. The average molecular weight is 555 g/mol. The van der Waals surface area contributed by atoms with Gasteiger partial charge in [0, 0.05) is 11.9 Å². The number of hydrogen-bond acceptors (Lipinski definition) is 7. The molecule has 13 heteroatoms. The molecule has 4 aromatic rings. The smallest absolute Gasteiger partial charge is 0.307 e. The van der Waals surface area contributed by atoms with Gasteiger partial charge in [0.05, 0.1) is 4.90 Å². The molecule has 0 bridgehead atoms. The Morgan fingerprint density at radius 3 is 2.12 bits per heavy atom. The van der Waals surface area contributed by atoms with E-state index < -0.39 is 21.6 Å². The molecule has 1 aliphatic carbocycles. The lowest BCUT2D eigenvalue weighted by Gasteiger charge is -2.36. The maximum absolute atomic E-state index is 13.4. The summed E-state index contributed by atoms with van der Waals surface area (Å²) in [4.78, 5) is 29.8. The van der Waals surface area contributed by atoms with E-state index in [1.807, 2.05) is 48.5 Å². The topological polar surface area (TPSA) is 166 Å². The van der Waals surface area contributed by atoms with Gasteiger partial charge in [0.15, 0.2) is 5.54 Å². The summed E-state index contributed by atoms with van der Waals surface area (Å²) in [5.41, 5.74) is 10.9. The summed E-state index contributed by atoms with van der Waals surface area (Å²) in [6.07, 6.45) is 1.47. The van der Waals surface area contributed by atoms with Gasteiger partial charge in [0.25, 0.3) is 15.9 Å². The van der Waals surface area contributed by atoms with Gasteiger partial charge >= 0.3 is 6.03 Å². The van der Waals surface area contributed by atoms with E-state index in [2.05, 4.69) is 41.7 Å². The summed E-state index contributed by atoms with van der Waals surface area (Å²) in [5.74, 6) is -0.177. The minimum atomic E-state index is -3.85. The number of hydrazine groups is 1. The number of fused-ring (bicyclic) bond motifs is 5. The van der Waals surface area contributed by atoms with Crippen LogP contribution in [-0.2, 0) is 20.4 Å². The van der Waals surface area contributed by atoms with Gasteiger partial charge in [-0.3, -0.25) is 20.3 Å². The summed E-state index contributed by atoms with van der Waals surface area (Å²) in [6.45, 7) is 0. The largest absolute Gasteiger partial charge is 0.339 e. The molecule has 12 nitrogen and oxygen atoms in total. The second-order valence-corrected chi connectivity index (χ2v) is 10.6. The number of hydrogen-bond donors (Lipinski definition) is 6. The van der Waals surface area contributed by atoms with Crippen LogP contribution < -0.4 is 31.6 Å². The number of sulfonamides is 1. The predicted octanol–water partition coefficient (Wildman–Crippen LogP) is 2.42. The molecule has 0 saturated carbocycles. The first-order valence-corrected chi connectivity index (χ1v) is 13.6. The minimum absolute atomic E-state index is 0.00493. The second-order valence-electron chi connectivity index (χ2n) is 8.92. The van der Waals surface area contributed by atoms with Crippen LogP contribution in [0.3, 0.4) is 0 Å². The third kappa shape index (κ3) is 4.38. The quantitative estimate of drug-likeness (QED) is 0.206. The number of urea groups is 1.